The number of benzene rings is 1. The van der Waals surface area contributed by atoms with Crippen molar-refractivity contribution in [3.05, 3.63) is 41.8 Å². The van der Waals surface area contributed by atoms with Gasteiger partial charge in [-0.05, 0) is 34.9 Å². The van der Waals surface area contributed by atoms with Crippen LogP contribution in [-0.2, 0) is 0 Å². The molecule has 0 aliphatic rings. The molecule has 0 bridgehead atoms. The lowest BCUT2D eigenvalue weighted by Gasteiger charge is -2.11. The van der Waals surface area contributed by atoms with Gasteiger partial charge in [0.1, 0.15) is 17.9 Å². The Morgan fingerprint density at radius 3 is 2.92 bits per heavy atom. The number of aromatic nitrogens is 6. The van der Waals surface area contributed by atoms with Gasteiger partial charge in [0.2, 0.25) is 0 Å². The predicted molar refractivity (Wildman–Crippen MR) is 91.1 cm³/mol. The van der Waals surface area contributed by atoms with Crippen molar-refractivity contribution in [1.82, 2.24) is 30.2 Å². The highest BCUT2D eigenvalue weighted by molar-refractivity contribution is 7.17. The number of hydrogen-bond acceptors (Lipinski definition) is 8. The van der Waals surface area contributed by atoms with Gasteiger partial charge >= 0.3 is 0 Å². The summed E-state index contributed by atoms with van der Waals surface area (Å²) in [6.07, 6.45) is 1.53. The van der Waals surface area contributed by atoms with Crippen LogP contribution in [0.15, 0.2) is 36.0 Å². The number of nitrogens with zero attached hydrogens (tertiary/aromatic N) is 6. The summed E-state index contributed by atoms with van der Waals surface area (Å²) < 4.78 is 7.95. The van der Waals surface area contributed by atoms with Gasteiger partial charge < -0.3 is 10.1 Å². The van der Waals surface area contributed by atoms with Crippen molar-refractivity contribution in [2.24, 2.45) is 0 Å². The molecule has 0 aliphatic heterocycles. The van der Waals surface area contributed by atoms with Gasteiger partial charge in [-0.3, -0.25) is 0 Å². The topological polar surface area (TPSA) is 90.6 Å². The molecule has 3 heterocycles. The van der Waals surface area contributed by atoms with Crippen LogP contribution in [0.3, 0.4) is 0 Å². The largest absolute Gasteiger partial charge is 0.497 e. The molecule has 4 rings (SSSR count). The molecule has 120 valence electrons. The molecule has 0 saturated carbocycles. The quantitative estimate of drug-likeness (QED) is 0.611. The number of fused-ring (bicyclic) bond motifs is 1. The van der Waals surface area contributed by atoms with E-state index in [1.807, 2.05) is 36.6 Å². The first-order chi connectivity index (χ1) is 11.7. The van der Waals surface area contributed by atoms with Crippen molar-refractivity contribution in [1.29, 1.82) is 0 Å². The summed E-state index contributed by atoms with van der Waals surface area (Å²) in [5.74, 6) is 2.18. The number of nitrogens with one attached hydrogen (secondary N) is 1. The first kappa shape index (κ1) is 14.5. The van der Waals surface area contributed by atoms with Crippen LogP contribution in [0.1, 0.15) is 5.82 Å². The fourth-order valence-electron chi connectivity index (χ4n) is 2.39. The number of thiophene rings is 1. The third-order valence-corrected chi connectivity index (χ3v) is 4.33. The van der Waals surface area contributed by atoms with Gasteiger partial charge in [0.05, 0.1) is 23.0 Å². The van der Waals surface area contributed by atoms with Gasteiger partial charge in [0, 0.05) is 17.8 Å². The summed E-state index contributed by atoms with van der Waals surface area (Å²) >= 11 is 1.60. The maximum Gasteiger partial charge on any atom is 0.152 e. The highest BCUT2D eigenvalue weighted by Crippen LogP contribution is 2.30. The monoisotopic (exact) mass is 339 g/mol. The Bertz CT molecular complexity index is 996. The molecular weight excluding hydrogens is 326 g/mol. The van der Waals surface area contributed by atoms with Crippen molar-refractivity contribution in [3.63, 3.8) is 0 Å². The van der Waals surface area contributed by atoms with Crippen LogP contribution in [0.25, 0.3) is 15.9 Å². The number of aryl methyl sites for hydroxylation is 1. The Morgan fingerprint density at radius 2 is 2.12 bits per heavy atom. The molecule has 1 aromatic carbocycles. The molecule has 0 aliphatic carbocycles. The van der Waals surface area contributed by atoms with E-state index in [4.69, 9.17) is 4.74 Å². The second-order valence-corrected chi connectivity index (χ2v) is 5.97. The second kappa shape index (κ2) is 5.85. The van der Waals surface area contributed by atoms with Crippen LogP contribution >= 0.6 is 11.3 Å². The Morgan fingerprint density at radius 1 is 1.21 bits per heavy atom. The van der Waals surface area contributed by atoms with E-state index in [-0.39, 0.29) is 0 Å². The summed E-state index contributed by atoms with van der Waals surface area (Å²) in [4.78, 5) is 8.95. The van der Waals surface area contributed by atoms with Crippen LogP contribution in [0.2, 0.25) is 0 Å². The smallest absolute Gasteiger partial charge is 0.152 e. The molecule has 0 amide bonds. The summed E-state index contributed by atoms with van der Waals surface area (Å²) in [6, 6.07) is 7.66. The van der Waals surface area contributed by atoms with Crippen LogP contribution in [-0.4, -0.2) is 37.3 Å². The summed E-state index contributed by atoms with van der Waals surface area (Å²) in [5.41, 5.74) is 2.54. The molecule has 9 heteroatoms. The first-order valence-corrected chi connectivity index (χ1v) is 8.02. The molecule has 0 unspecified atom stereocenters. The van der Waals surface area contributed by atoms with Gasteiger partial charge in [-0.1, -0.05) is 0 Å². The SMILES string of the molecule is COc1cc(Nc2nc(C)nc3ccsc23)cc(-n2cnnn2)c1. The van der Waals surface area contributed by atoms with Crippen LogP contribution in [0.4, 0.5) is 11.5 Å². The van der Waals surface area contributed by atoms with Crippen molar-refractivity contribution < 1.29 is 4.74 Å². The molecule has 0 atom stereocenters. The lowest BCUT2D eigenvalue weighted by atomic mass is 10.2. The zero-order chi connectivity index (χ0) is 16.5. The lowest BCUT2D eigenvalue weighted by molar-refractivity contribution is 0.414. The Balaban J connectivity index is 1.78. The van der Waals surface area contributed by atoms with E-state index in [0.717, 1.165) is 27.4 Å². The summed E-state index contributed by atoms with van der Waals surface area (Å²) in [6.45, 7) is 1.88. The molecule has 8 nitrogen and oxygen atoms in total. The van der Waals surface area contributed by atoms with Gasteiger partial charge in [0.25, 0.3) is 0 Å². The number of tetrazole rings is 1. The van der Waals surface area contributed by atoms with Crippen molar-refractivity contribution >= 4 is 33.1 Å². The van der Waals surface area contributed by atoms with Crippen LogP contribution in [0.5, 0.6) is 5.75 Å². The first-order valence-electron chi connectivity index (χ1n) is 7.14. The van der Waals surface area contributed by atoms with Crippen LogP contribution < -0.4 is 10.1 Å². The molecule has 0 saturated heterocycles. The Labute approximate surface area is 141 Å². The van der Waals surface area contributed by atoms with Gasteiger partial charge in [0.15, 0.2) is 5.82 Å². The highest BCUT2D eigenvalue weighted by Gasteiger charge is 2.10. The molecule has 1 N–H and O–H groups in total. The normalized spacial score (nSPS) is 10.9. The molecular formula is C15H13N7OS. The second-order valence-electron chi connectivity index (χ2n) is 5.05. The van der Waals surface area contributed by atoms with Gasteiger partial charge in [-0.2, -0.15) is 0 Å². The predicted octanol–water partition coefficient (Wildman–Crippen LogP) is 2.73. The van der Waals surface area contributed by atoms with E-state index in [2.05, 4.69) is 30.8 Å². The lowest BCUT2D eigenvalue weighted by Crippen LogP contribution is -2.01. The zero-order valence-electron chi connectivity index (χ0n) is 13.0. The Hall–Kier alpha value is -3.07. The molecule has 4 aromatic rings. The highest BCUT2D eigenvalue weighted by atomic mass is 32.1. The summed E-state index contributed by atoms with van der Waals surface area (Å²) in [7, 11) is 1.62. The van der Waals surface area contributed by atoms with E-state index >= 15 is 0 Å². The van der Waals surface area contributed by atoms with Crippen molar-refractivity contribution in [2.75, 3.05) is 12.4 Å². The molecule has 0 radical (unpaired) electrons. The fourth-order valence-corrected chi connectivity index (χ4v) is 3.16. The summed E-state index contributed by atoms with van der Waals surface area (Å²) in [5, 5.41) is 16.6. The van der Waals surface area contributed by atoms with Crippen molar-refractivity contribution in [2.45, 2.75) is 6.92 Å². The van der Waals surface area contributed by atoms with E-state index in [1.54, 1.807) is 23.1 Å². The standard InChI is InChI=1S/C15H13N7OS/c1-9-17-13-3-4-24-14(13)15(18-9)19-10-5-11(7-12(6-10)23-2)22-8-16-20-21-22/h3-8H,1-2H3,(H,17,18,19). The number of ether oxygens (including phenoxy) is 1. The average molecular weight is 339 g/mol. The Kier molecular flexibility index (Phi) is 3.54. The van der Waals surface area contributed by atoms with E-state index in [9.17, 15) is 0 Å². The van der Waals surface area contributed by atoms with Gasteiger partial charge in [-0.15, -0.1) is 16.4 Å². The van der Waals surface area contributed by atoms with E-state index < -0.39 is 0 Å². The van der Waals surface area contributed by atoms with Gasteiger partial charge in [-0.25, -0.2) is 14.6 Å². The molecule has 0 fully saturated rings. The zero-order valence-corrected chi connectivity index (χ0v) is 13.8. The minimum atomic E-state index is 0.693. The molecule has 0 spiro atoms. The number of anilines is 2. The number of methoxy groups -OCH3 is 1. The average Bonchev–Trinajstić information content (AvgIpc) is 3.25. The third kappa shape index (κ3) is 2.65. The maximum absolute atomic E-state index is 5.38. The van der Waals surface area contributed by atoms with E-state index in [0.29, 0.717) is 11.6 Å². The fraction of sp³-hybridized carbons (Fsp3) is 0.133. The minimum Gasteiger partial charge on any atom is -0.497 e. The molecule has 3 aromatic heterocycles. The third-order valence-electron chi connectivity index (χ3n) is 3.42. The minimum absolute atomic E-state index is 0.693. The molecule has 24 heavy (non-hydrogen) atoms. The van der Waals surface area contributed by atoms with E-state index in [1.165, 1.54) is 6.33 Å². The van der Waals surface area contributed by atoms with Crippen LogP contribution in [0, 0.1) is 6.92 Å². The number of hydrogen-bond donors (Lipinski definition) is 1. The maximum atomic E-state index is 5.38. The van der Waals surface area contributed by atoms with Crippen molar-refractivity contribution in [3.8, 4) is 11.4 Å². The number of rotatable bonds is 4.